The lowest BCUT2D eigenvalue weighted by Gasteiger charge is -2.40. The van der Waals surface area contributed by atoms with Gasteiger partial charge in [0.2, 0.25) is 11.8 Å². The summed E-state index contributed by atoms with van der Waals surface area (Å²) in [5.41, 5.74) is 0.385. The normalized spacial score (nSPS) is 19.0. The summed E-state index contributed by atoms with van der Waals surface area (Å²) in [7, 11) is 0. The van der Waals surface area contributed by atoms with Gasteiger partial charge >= 0.3 is 0 Å². The quantitative estimate of drug-likeness (QED) is 0.421. The summed E-state index contributed by atoms with van der Waals surface area (Å²) < 4.78 is 13.4. The Hall–Kier alpha value is -2.19. The Bertz CT molecular complexity index is 1140. The number of amides is 2. The molecule has 9 heteroatoms. The molecule has 1 heterocycles. The maximum absolute atomic E-state index is 13.8. The van der Waals surface area contributed by atoms with E-state index in [0.717, 1.165) is 44.3 Å². The van der Waals surface area contributed by atoms with Crippen molar-refractivity contribution in [1.29, 1.82) is 0 Å². The van der Waals surface area contributed by atoms with Crippen LogP contribution in [0.2, 0.25) is 10.0 Å². The first-order chi connectivity index (χ1) is 18.1. The largest absolute Gasteiger partial charge is 0.394 e. The van der Waals surface area contributed by atoms with Crippen molar-refractivity contribution in [2.75, 3.05) is 26.2 Å². The lowest BCUT2D eigenvalue weighted by molar-refractivity contribution is -0.133. The Kier molecular flexibility index (Phi) is 9.35. The molecule has 0 spiro atoms. The van der Waals surface area contributed by atoms with Gasteiger partial charge < -0.3 is 20.2 Å². The highest BCUT2D eigenvalue weighted by Gasteiger charge is 2.39. The van der Waals surface area contributed by atoms with Gasteiger partial charge in [-0.3, -0.25) is 9.59 Å². The monoisotopic (exact) mass is 563 g/mol. The maximum Gasteiger partial charge on any atom is 0.230 e. The van der Waals surface area contributed by atoms with E-state index in [-0.39, 0.29) is 30.3 Å². The maximum atomic E-state index is 13.8. The molecule has 6 nitrogen and oxygen atoms in total. The van der Waals surface area contributed by atoms with Crippen molar-refractivity contribution in [2.24, 2.45) is 0 Å². The first-order valence-corrected chi connectivity index (χ1v) is 14.0. The highest BCUT2D eigenvalue weighted by molar-refractivity contribution is 6.42. The summed E-state index contributed by atoms with van der Waals surface area (Å²) in [6.45, 7) is 5.61. The van der Waals surface area contributed by atoms with E-state index in [1.165, 1.54) is 12.1 Å². The zero-order valence-electron chi connectivity index (χ0n) is 21.9. The molecule has 2 N–H and O–H groups in total. The number of piperidine rings is 1. The number of halogens is 3. The number of aliphatic hydroxyl groups is 1. The van der Waals surface area contributed by atoms with Gasteiger partial charge in [-0.2, -0.15) is 0 Å². The van der Waals surface area contributed by atoms with Gasteiger partial charge in [-0.15, -0.1) is 0 Å². The molecule has 2 amide bonds. The lowest BCUT2D eigenvalue weighted by Crippen LogP contribution is -2.50. The summed E-state index contributed by atoms with van der Waals surface area (Å²) >= 11 is 12.5. The van der Waals surface area contributed by atoms with Crippen LogP contribution in [0.25, 0.3) is 0 Å². The molecule has 4 rings (SSSR count). The summed E-state index contributed by atoms with van der Waals surface area (Å²) in [5.74, 6) is -0.482. The fourth-order valence-corrected chi connectivity index (χ4v) is 5.74. The van der Waals surface area contributed by atoms with Crippen molar-refractivity contribution < 1.29 is 19.1 Å². The number of likely N-dealkylation sites (tertiary alicyclic amines) is 1. The van der Waals surface area contributed by atoms with Gasteiger partial charge in [0.1, 0.15) is 5.82 Å². The molecule has 2 fully saturated rings. The first kappa shape index (κ1) is 28.8. The predicted octanol–water partition coefficient (Wildman–Crippen LogP) is 5.11. The Morgan fingerprint density at radius 1 is 1.08 bits per heavy atom. The number of nitrogens with one attached hydrogen (secondary N) is 1. The lowest BCUT2D eigenvalue weighted by atomic mass is 9.78. The van der Waals surface area contributed by atoms with E-state index in [4.69, 9.17) is 23.2 Å². The van der Waals surface area contributed by atoms with Crippen LogP contribution in [0.3, 0.4) is 0 Å². The zero-order chi connectivity index (χ0) is 27.4. The van der Waals surface area contributed by atoms with E-state index in [2.05, 4.69) is 15.1 Å². The van der Waals surface area contributed by atoms with Crippen LogP contribution < -0.4 is 5.32 Å². The van der Waals surface area contributed by atoms with E-state index < -0.39 is 11.5 Å². The molecule has 2 atom stereocenters. The summed E-state index contributed by atoms with van der Waals surface area (Å²) in [5, 5.41) is 13.8. The third-order valence-corrected chi connectivity index (χ3v) is 8.74. The van der Waals surface area contributed by atoms with Crippen molar-refractivity contribution in [3.63, 3.8) is 0 Å². The van der Waals surface area contributed by atoms with Crippen LogP contribution in [-0.2, 0) is 15.0 Å². The van der Waals surface area contributed by atoms with Crippen LogP contribution in [0.5, 0.6) is 0 Å². The zero-order valence-corrected chi connectivity index (χ0v) is 23.4. The van der Waals surface area contributed by atoms with E-state index in [0.29, 0.717) is 34.6 Å². The molecular formula is C29H36Cl2FN3O3. The van der Waals surface area contributed by atoms with Crippen molar-refractivity contribution in [2.45, 2.75) is 69.5 Å². The van der Waals surface area contributed by atoms with Crippen LogP contribution >= 0.6 is 23.2 Å². The van der Waals surface area contributed by atoms with Crippen molar-refractivity contribution in [3.05, 3.63) is 69.5 Å². The number of benzene rings is 2. The Balaban J connectivity index is 1.47. The number of hydrogen-bond donors (Lipinski definition) is 2. The summed E-state index contributed by atoms with van der Waals surface area (Å²) in [6, 6.07) is 11.0. The molecule has 2 aromatic rings. The molecule has 0 radical (unpaired) electrons. The van der Waals surface area contributed by atoms with Crippen LogP contribution in [0, 0.1) is 5.82 Å². The van der Waals surface area contributed by atoms with Crippen LogP contribution in [0.15, 0.2) is 42.5 Å². The number of rotatable bonds is 10. The minimum absolute atomic E-state index is 0.161. The van der Waals surface area contributed by atoms with Gasteiger partial charge in [-0.25, -0.2) is 4.39 Å². The predicted molar refractivity (Wildman–Crippen MR) is 148 cm³/mol. The fraction of sp³-hybridized carbons (Fsp3) is 0.517. The Labute approximate surface area is 234 Å². The second kappa shape index (κ2) is 12.3. The Morgan fingerprint density at radius 3 is 2.26 bits per heavy atom. The fourth-order valence-electron chi connectivity index (χ4n) is 5.44. The highest BCUT2D eigenvalue weighted by Crippen LogP contribution is 2.35. The van der Waals surface area contributed by atoms with Gasteiger partial charge in [0, 0.05) is 32.1 Å². The smallest absolute Gasteiger partial charge is 0.230 e. The molecular weight excluding hydrogens is 528 g/mol. The minimum atomic E-state index is -0.960. The van der Waals surface area contributed by atoms with Gasteiger partial charge in [-0.05, 0) is 81.0 Å². The average Bonchev–Trinajstić information content (AvgIpc) is 3.73. The van der Waals surface area contributed by atoms with Gasteiger partial charge in [0.05, 0.1) is 28.1 Å². The van der Waals surface area contributed by atoms with Gasteiger partial charge in [0.25, 0.3) is 0 Å². The van der Waals surface area contributed by atoms with Gasteiger partial charge in [-0.1, -0.05) is 41.4 Å². The SMILES string of the molecule is CC(=O)N(C1CC1)C1CCN(CCC(C)(C(=O)N[C@H](CO)c2ccc(F)cc2)c2ccc(Cl)c(Cl)c2)CC1. The van der Waals surface area contributed by atoms with Gasteiger partial charge in [0.15, 0.2) is 0 Å². The van der Waals surface area contributed by atoms with Crippen LogP contribution in [0.1, 0.15) is 63.1 Å². The third-order valence-electron chi connectivity index (χ3n) is 8.00. The average molecular weight is 565 g/mol. The molecule has 1 aliphatic heterocycles. The topological polar surface area (TPSA) is 72.9 Å². The second-order valence-corrected chi connectivity index (χ2v) is 11.5. The van der Waals surface area contributed by atoms with E-state index in [9.17, 15) is 19.1 Å². The molecule has 0 aromatic heterocycles. The molecule has 1 aliphatic carbocycles. The van der Waals surface area contributed by atoms with E-state index in [1.807, 2.05) is 13.0 Å². The van der Waals surface area contributed by atoms with E-state index >= 15 is 0 Å². The molecule has 1 saturated carbocycles. The molecule has 0 bridgehead atoms. The highest BCUT2D eigenvalue weighted by atomic mass is 35.5. The third kappa shape index (κ3) is 6.68. The second-order valence-electron chi connectivity index (χ2n) is 10.7. The van der Waals surface area contributed by atoms with Crippen molar-refractivity contribution >= 4 is 35.0 Å². The number of carbonyl (C=O) groups is 2. The number of nitrogens with zero attached hydrogens (tertiary/aromatic N) is 2. The summed E-state index contributed by atoms with van der Waals surface area (Å²) in [4.78, 5) is 30.4. The Morgan fingerprint density at radius 2 is 1.71 bits per heavy atom. The number of aliphatic hydroxyl groups excluding tert-OH is 1. The summed E-state index contributed by atoms with van der Waals surface area (Å²) in [6.07, 6.45) is 4.56. The molecule has 1 saturated heterocycles. The van der Waals surface area contributed by atoms with Crippen molar-refractivity contribution in [1.82, 2.24) is 15.1 Å². The number of hydrogen-bond acceptors (Lipinski definition) is 4. The molecule has 1 unspecified atom stereocenters. The molecule has 38 heavy (non-hydrogen) atoms. The molecule has 2 aromatic carbocycles. The van der Waals surface area contributed by atoms with Crippen LogP contribution in [-0.4, -0.2) is 65.0 Å². The number of carbonyl (C=O) groups excluding carboxylic acids is 2. The molecule has 2 aliphatic rings. The first-order valence-electron chi connectivity index (χ1n) is 13.3. The van der Waals surface area contributed by atoms with Crippen molar-refractivity contribution in [3.8, 4) is 0 Å². The molecule has 206 valence electrons. The standard InChI is InChI=1S/C29H36Cl2FN3O3/c1-19(37)35(23-8-9-23)24-11-14-34(15-12-24)16-13-29(2,21-5-10-25(30)26(31)17-21)28(38)33-27(18-36)20-3-6-22(32)7-4-20/h3-7,10,17,23-24,27,36H,8-9,11-16,18H2,1-2H3,(H,33,38)/t27-,29?/m1/s1. The minimum Gasteiger partial charge on any atom is -0.394 e. The van der Waals surface area contributed by atoms with E-state index in [1.54, 1.807) is 31.2 Å². The van der Waals surface area contributed by atoms with Crippen LogP contribution in [0.4, 0.5) is 4.39 Å².